The smallest absolute Gasteiger partial charge is 0.256 e. The van der Waals surface area contributed by atoms with Gasteiger partial charge in [-0.2, -0.15) is 0 Å². The molecule has 0 saturated carbocycles. The Hall–Kier alpha value is -2.66. The minimum atomic E-state index is -0.557. The van der Waals surface area contributed by atoms with E-state index in [2.05, 4.69) is 5.32 Å². The number of aryl methyl sites for hydroxylation is 1. The summed E-state index contributed by atoms with van der Waals surface area (Å²) in [6.45, 7) is 3.66. The van der Waals surface area contributed by atoms with Crippen molar-refractivity contribution in [3.8, 4) is 0 Å². The van der Waals surface area contributed by atoms with Crippen LogP contribution in [0.4, 0.5) is 0 Å². The molecule has 0 unspecified atom stereocenters. The van der Waals surface area contributed by atoms with Gasteiger partial charge < -0.3 is 15.0 Å². The number of hydrogen-bond donors (Lipinski definition) is 1. The third kappa shape index (κ3) is 6.16. The molecule has 1 aliphatic rings. The van der Waals surface area contributed by atoms with Crippen LogP contribution in [0.15, 0.2) is 60.7 Å². The highest BCUT2D eigenvalue weighted by molar-refractivity contribution is 5.82. The summed E-state index contributed by atoms with van der Waals surface area (Å²) in [5.41, 5.74) is 2.06. The lowest BCUT2D eigenvalue weighted by Gasteiger charge is -2.34. The van der Waals surface area contributed by atoms with Gasteiger partial charge in [-0.05, 0) is 37.3 Å². The van der Waals surface area contributed by atoms with Crippen LogP contribution in [-0.2, 0) is 20.7 Å². The van der Waals surface area contributed by atoms with Crippen molar-refractivity contribution < 1.29 is 14.3 Å². The zero-order chi connectivity index (χ0) is 20.5. The Morgan fingerprint density at radius 1 is 1.03 bits per heavy atom. The van der Waals surface area contributed by atoms with Gasteiger partial charge in [0.2, 0.25) is 5.91 Å². The van der Waals surface area contributed by atoms with Crippen LogP contribution in [0, 0.1) is 0 Å². The Balaban J connectivity index is 1.46. The predicted molar refractivity (Wildman–Crippen MR) is 113 cm³/mol. The maximum Gasteiger partial charge on any atom is 0.256 e. The summed E-state index contributed by atoms with van der Waals surface area (Å²) in [5, 5.41) is 3.13. The molecular formula is C24H30N2O3. The molecule has 1 heterocycles. The van der Waals surface area contributed by atoms with Gasteiger partial charge in [-0.25, -0.2) is 0 Å². The number of ether oxygens (including phenoxy) is 1. The zero-order valence-electron chi connectivity index (χ0n) is 17.0. The van der Waals surface area contributed by atoms with E-state index in [1.165, 1.54) is 5.56 Å². The number of carbonyl (C=O) groups excluding carboxylic acids is 2. The minimum Gasteiger partial charge on any atom is -0.364 e. The van der Waals surface area contributed by atoms with Crippen LogP contribution in [0.3, 0.4) is 0 Å². The fourth-order valence-corrected chi connectivity index (χ4v) is 3.72. The molecule has 1 fully saturated rings. The second kappa shape index (κ2) is 10.8. The molecular weight excluding hydrogens is 364 g/mol. The van der Waals surface area contributed by atoms with Crippen LogP contribution in [0.1, 0.15) is 43.4 Å². The molecule has 1 aliphatic heterocycles. The normalized spacial score (nSPS) is 15.7. The van der Waals surface area contributed by atoms with Gasteiger partial charge in [0, 0.05) is 32.2 Å². The number of hydrogen-bond acceptors (Lipinski definition) is 3. The molecule has 2 aromatic rings. The number of nitrogens with one attached hydrogen (secondary N) is 1. The van der Waals surface area contributed by atoms with Gasteiger partial charge in [-0.3, -0.25) is 9.59 Å². The van der Waals surface area contributed by atoms with Crippen molar-refractivity contribution in [1.82, 2.24) is 10.2 Å². The van der Waals surface area contributed by atoms with Crippen molar-refractivity contribution >= 4 is 11.8 Å². The number of likely N-dealkylation sites (tertiary alicyclic amines) is 1. The molecule has 0 spiro atoms. The first kappa shape index (κ1) is 21.1. The molecule has 0 bridgehead atoms. The molecule has 154 valence electrons. The van der Waals surface area contributed by atoms with Crippen LogP contribution in [0.25, 0.3) is 0 Å². The van der Waals surface area contributed by atoms with E-state index >= 15 is 0 Å². The minimum absolute atomic E-state index is 0.00639. The fraction of sp³-hybridized carbons (Fsp3) is 0.417. The van der Waals surface area contributed by atoms with Gasteiger partial charge in [-0.1, -0.05) is 60.7 Å². The van der Waals surface area contributed by atoms with Crippen molar-refractivity contribution in [3.63, 3.8) is 0 Å². The van der Waals surface area contributed by atoms with Gasteiger partial charge in [0.1, 0.15) is 0 Å². The second-order valence-electron chi connectivity index (χ2n) is 7.40. The highest BCUT2D eigenvalue weighted by Gasteiger charge is 2.30. The summed E-state index contributed by atoms with van der Waals surface area (Å²) in [6.07, 6.45) is 2.23. The molecule has 5 nitrogen and oxygen atoms in total. The molecule has 0 aliphatic carbocycles. The lowest BCUT2D eigenvalue weighted by atomic mass is 10.0. The van der Waals surface area contributed by atoms with E-state index in [-0.39, 0.29) is 17.9 Å². The first-order chi connectivity index (χ1) is 14.2. The summed E-state index contributed by atoms with van der Waals surface area (Å²) in [4.78, 5) is 27.1. The lowest BCUT2D eigenvalue weighted by molar-refractivity contribution is -0.145. The molecule has 0 radical (unpaired) electrons. The van der Waals surface area contributed by atoms with Gasteiger partial charge in [0.05, 0.1) is 0 Å². The molecule has 3 rings (SSSR count). The maximum atomic E-state index is 13.0. The third-order valence-electron chi connectivity index (χ3n) is 5.32. The number of piperidine rings is 1. The topological polar surface area (TPSA) is 58.6 Å². The quantitative estimate of drug-likeness (QED) is 0.745. The number of amides is 2. The molecule has 2 amide bonds. The molecule has 1 saturated heterocycles. The average molecular weight is 395 g/mol. The van der Waals surface area contributed by atoms with Crippen LogP contribution < -0.4 is 5.32 Å². The van der Waals surface area contributed by atoms with Crippen molar-refractivity contribution in [2.75, 3.05) is 19.7 Å². The molecule has 1 N–H and O–H groups in total. The van der Waals surface area contributed by atoms with Crippen LogP contribution in [-0.4, -0.2) is 42.5 Å². The van der Waals surface area contributed by atoms with Gasteiger partial charge in [-0.15, -0.1) is 0 Å². The Morgan fingerprint density at radius 2 is 1.66 bits per heavy atom. The molecule has 0 aromatic heterocycles. The highest BCUT2D eigenvalue weighted by atomic mass is 16.5. The number of rotatable bonds is 8. The Kier molecular flexibility index (Phi) is 7.82. The van der Waals surface area contributed by atoms with E-state index in [9.17, 15) is 9.59 Å². The highest BCUT2D eigenvalue weighted by Crippen LogP contribution is 2.22. The third-order valence-corrected chi connectivity index (χ3v) is 5.32. The monoisotopic (exact) mass is 394 g/mol. The molecule has 2 aromatic carbocycles. The van der Waals surface area contributed by atoms with E-state index in [4.69, 9.17) is 4.74 Å². The summed E-state index contributed by atoms with van der Waals surface area (Å²) in [5.74, 6) is 0.0852. The van der Waals surface area contributed by atoms with Crippen LogP contribution >= 0.6 is 0 Å². The molecule has 29 heavy (non-hydrogen) atoms. The average Bonchev–Trinajstić information content (AvgIpc) is 2.77. The lowest BCUT2D eigenvalue weighted by Crippen LogP contribution is -2.48. The van der Waals surface area contributed by atoms with Gasteiger partial charge in [0.25, 0.3) is 5.91 Å². The Morgan fingerprint density at radius 3 is 2.28 bits per heavy atom. The summed E-state index contributed by atoms with van der Waals surface area (Å²) in [6, 6.07) is 19.8. The fourth-order valence-electron chi connectivity index (χ4n) is 3.72. The van der Waals surface area contributed by atoms with Gasteiger partial charge in [0.15, 0.2) is 6.10 Å². The second-order valence-corrected chi connectivity index (χ2v) is 7.40. The summed E-state index contributed by atoms with van der Waals surface area (Å²) in [7, 11) is 0. The summed E-state index contributed by atoms with van der Waals surface area (Å²) < 4.78 is 5.75. The van der Waals surface area contributed by atoms with Crippen molar-refractivity contribution in [3.05, 3.63) is 71.8 Å². The standard InChI is InChI=1S/C24H30N2O3/c1-2-29-23(20-11-7-4-8-12-20)24(28)26-17-15-21(16-18-26)25-22(27)14-13-19-9-5-3-6-10-19/h3-12,21,23H,2,13-18H2,1H3,(H,25,27)/t23-/m1/s1. The SMILES string of the molecule is CCO[C@@H](C(=O)N1CCC(NC(=O)CCc2ccccc2)CC1)c1ccccc1. The number of benzene rings is 2. The van der Waals surface area contributed by atoms with Crippen molar-refractivity contribution in [2.24, 2.45) is 0 Å². The van der Waals surface area contributed by atoms with E-state index in [1.807, 2.05) is 72.5 Å². The first-order valence-electron chi connectivity index (χ1n) is 10.5. The first-order valence-corrected chi connectivity index (χ1v) is 10.5. The molecule has 1 atom stereocenters. The Bertz CT molecular complexity index is 771. The zero-order valence-corrected chi connectivity index (χ0v) is 17.0. The van der Waals surface area contributed by atoms with Crippen molar-refractivity contribution in [1.29, 1.82) is 0 Å². The van der Waals surface area contributed by atoms with E-state index in [0.717, 1.165) is 24.8 Å². The maximum absolute atomic E-state index is 13.0. The van der Waals surface area contributed by atoms with Crippen LogP contribution in [0.5, 0.6) is 0 Å². The van der Waals surface area contributed by atoms with E-state index < -0.39 is 6.10 Å². The molecule has 5 heteroatoms. The summed E-state index contributed by atoms with van der Waals surface area (Å²) >= 11 is 0. The van der Waals surface area contributed by atoms with E-state index in [0.29, 0.717) is 26.1 Å². The largest absolute Gasteiger partial charge is 0.364 e. The number of nitrogens with zero attached hydrogens (tertiary/aromatic N) is 1. The van der Waals surface area contributed by atoms with E-state index in [1.54, 1.807) is 0 Å². The van der Waals surface area contributed by atoms with Gasteiger partial charge >= 0.3 is 0 Å². The van der Waals surface area contributed by atoms with Crippen molar-refractivity contribution in [2.45, 2.75) is 44.8 Å². The number of carbonyl (C=O) groups is 2. The Labute approximate surface area is 173 Å². The predicted octanol–water partition coefficient (Wildman–Crippen LogP) is 3.50. The van der Waals surface area contributed by atoms with Crippen LogP contribution in [0.2, 0.25) is 0 Å².